The van der Waals surface area contributed by atoms with Gasteiger partial charge in [0.15, 0.2) is 0 Å². The van der Waals surface area contributed by atoms with Gasteiger partial charge in [0, 0.05) is 0 Å². The molecule has 66 valence electrons. The van der Waals surface area contributed by atoms with Crippen molar-refractivity contribution in [3.05, 3.63) is 12.2 Å². The Kier molecular flexibility index (Phi) is 1.42. The van der Waals surface area contributed by atoms with Gasteiger partial charge in [0.1, 0.15) is 0 Å². The van der Waals surface area contributed by atoms with Crippen molar-refractivity contribution in [3.8, 4) is 0 Å². The van der Waals surface area contributed by atoms with E-state index >= 15 is 0 Å². The molecular formula is C12H18. The molecule has 4 unspecified atom stereocenters. The molecule has 3 rings (SSSR count). The van der Waals surface area contributed by atoms with E-state index in [4.69, 9.17) is 0 Å². The van der Waals surface area contributed by atoms with Crippen molar-refractivity contribution in [1.82, 2.24) is 0 Å². The van der Waals surface area contributed by atoms with Crippen LogP contribution in [0.15, 0.2) is 12.2 Å². The third-order valence-electron chi connectivity index (χ3n) is 4.59. The molecule has 0 spiro atoms. The van der Waals surface area contributed by atoms with E-state index in [2.05, 4.69) is 19.1 Å². The Labute approximate surface area is 75.0 Å². The Morgan fingerprint density at radius 1 is 1.00 bits per heavy atom. The molecule has 0 heterocycles. The van der Waals surface area contributed by atoms with Crippen molar-refractivity contribution in [2.75, 3.05) is 0 Å². The van der Waals surface area contributed by atoms with Crippen LogP contribution >= 0.6 is 0 Å². The van der Waals surface area contributed by atoms with Gasteiger partial charge in [-0.05, 0) is 48.9 Å². The van der Waals surface area contributed by atoms with Gasteiger partial charge in [-0.3, -0.25) is 0 Å². The average molecular weight is 162 g/mol. The minimum absolute atomic E-state index is 0.997. The molecule has 0 aromatic heterocycles. The second kappa shape index (κ2) is 2.37. The summed E-state index contributed by atoms with van der Waals surface area (Å²) in [5, 5.41) is 0. The summed E-state index contributed by atoms with van der Waals surface area (Å²) in [6.45, 7) is 2.36. The second-order valence-corrected chi connectivity index (χ2v) is 5.02. The van der Waals surface area contributed by atoms with E-state index < -0.39 is 0 Å². The van der Waals surface area contributed by atoms with Gasteiger partial charge < -0.3 is 0 Å². The summed E-state index contributed by atoms with van der Waals surface area (Å²) in [6, 6.07) is 0. The summed E-state index contributed by atoms with van der Waals surface area (Å²) in [5.41, 5.74) is 0. The summed E-state index contributed by atoms with van der Waals surface area (Å²) in [5.74, 6) is 5.27. The Morgan fingerprint density at radius 2 is 1.58 bits per heavy atom. The first-order chi connectivity index (χ1) is 5.88. The molecule has 0 aliphatic heterocycles. The molecular weight excluding hydrogens is 144 g/mol. The van der Waals surface area contributed by atoms with E-state index in [-0.39, 0.29) is 0 Å². The van der Waals surface area contributed by atoms with Crippen molar-refractivity contribution in [1.29, 1.82) is 0 Å². The minimum Gasteiger partial charge on any atom is -0.0848 e. The number of allylic oxidation sites excluding steroid dienone is 2. The molecule has 0 saturated heterocycles. The number of fused-ring (bicyclic) bond motifs is 5. The van der Waals surface area contributed by atoms with Gasteiger partial charge in [-0.25, -0.2) is 0 Å². The predicted octanol–water partition coefficient (Wildman–Crippen LogP) is 3.24. The Hall–Kier alpha value is -0.260. The molecule has 12 heavy (non-hydrogen) atoms. The van der Waals surface area contributed by atoms with E-state index in [1.165, 1.54) is 12.8 Å². The molecule has 3 aliphatic carbocycles. The highest BCUT2D eigenvalue weighted by atomic mass is 14.5. The lowest BCUT2D eigenvalue weighted by Gasteiger charge is -2.19. The molecule has 0 nitrogen and oxygen atoms in total. The van der Waals surface area contributed by atoms with Crippen LogP contribution in [0.5, 0.6) is 0 Å². The van der Waals surface area contributed by atoms with E-state index in [0.717, 1.165) is 29.6 Å². The monoisotopic (exact) mass is 162 g/mol. The van der Waals surface area contributed by atoms with Crippen LogP contribution in [0.1, 0.15) is 32.6 Å². The van der Waals surface area contributed by atoms with Crippen LogP contribution in [-0.4, -0.2) is 0 Å². The fourth-order valence-corrected chi connectivity index (χ4v) is 3.93. The molecule has 0 heteroatoms. The van der Waals surface area contributed by atoms with E-state index in [9.17, 15) is 0 Å². The molecule has 0 amide bonds. The first kappa shape index (κ1) is 7.17. The maximum absolute atomic E-state index is 2.50. The highest BCUT2D eigenvalue weighted by molar-refractivity contribution is 5.15. The van der Waals surface area contributed by atoms with Crippen LogP contribution in [0, 0.1) is 29.6 Å². The number of rotatable bonds is 1. The Bertz CT molecular complexity index is 196. The number of hydrogen-bond donors (Lipinski definition) is 0. The van der Waals surface area contributed by atoms with Crippen molar-refractivity contribution < 1.29 is 0 Å². The lowest BCUT2D eigenvalue weighted by Crippen LogP contribution is -2.12. The topological polar surface area (TPSA) is 0 Å². The SMILES string of the molecule is CCC1CC2C3C=CC(C3)C2C1. The highest BCUT2D eigenvalue weighted by Crippen LogP contribution is 2.57. The standard InChI is InChI=1S/C12H18/c1-2-8-5-11-9-3-4-10(7-9)12(11)6-8/h3-4,8-12H,2,5-7H2,1H3. The molecule has 0 aromatic carbocycles. The van der Waals surface area contributed by atoms with Crippen LogP contribution in [0.3, 0.4) is 0 Å². The van der Waals surface area contributed by atoms with Gasteiger partial charge >= 0.3 is 0 Å². The summed E-state index contributed by atoms with van der Waals surface area (Å²) < 4.78 is 0. The van der Waals surface area contributed by atoms with Gasteiger partial charge in [0.05, 0.1) is 0 Å². The fourth-order valence-electron chi connectivity index (χ4n) is 3.93. The van der Waals surface area contributed by atoms with Crippen molar-refractivity contribution in [2.45, 2.75) is 32.6 Å². The van der Waals surface area contributed by atoms with Crippen molar-refractivity contribution in [3.63, 3.8) is 0 Å². The first-order valence-electron chi connectivity index (χ1n) is 5.56. The molecule has 2 bridgehead atoms. The maximum atomic E-state index is 2.50. The second-order valence-electron chi connectivity index (χ2n) is 5.02. The maximum Gasteiger partial charge on any atom is -0.0196 e. The molecule has 4 atom stereocenters. The number of hydrogen-bond acceptors (Lipinski definition) is 0. The third-order valence-corrected chi connectivity index (χ3v) is 4.59. The zero-order valence-corrected chi connectivity index (χ0v) is 7.87. The van der Waals surface area contributed by atoms with E-state index in [0.29, 0.717) is 0 Å². The fraction of sp³-hybridized carbons (Fsp3) is 0.833. The van der Waals surface area contributed by atoms with Gasteiger partial charge in [-0.1, -0.05) is 25.5 Å². The molecule has 0 aromatic rings. The zero-order valence-electron chi connectivity index (χ0n) is 7.87. The van der Waals surface area contributed by atoms with Crippen LogP contribution in [0.4, 0.5) is 0 Å². The predicted molar refractivity (Wildman–Crippen MR) is 50.7 cm³/mol. The molecule has 0 N–H and O–H groups in total. The molecule has 0 radical (unpaired) electrons. The van der Waals surface area contributed by atoms with E-state index in [1.54, 1.807) is 12.8 Å². The summed E-state index contributed by atoms with van der Waals surface area (Å²) in [7, 11) is 0. The van der Waals surface area contributed by atoms with Crippen LogP contribution < -0.4 is 0 Å². The summed E-state index contributed by atoms with van der Waals surface area (Å²) in [4.78, 5) is 0. The zero-order chi connectivity index (χ0) is 8.13. The van der Waals surface area contributed by atoms with Gasteiger partial charge in [0.25, 0.3) is 0 Å². The molecule has 3 aliphatic rings. The van der Waals surface area contributed by atoms with Crippen molar-refractivity contribution in [2.24, 2.45) is 29.6 Å². The highest BCUT2D eigenvalue weighted by Gasteiger charge is 2.48. The van der Waals surface area contributed by atoms with Crippen LogP contribution in [0.2, 0.25) is 0 Å². The molecule has 2 saturated carbocycles. The van der Waals surface area contributed by atoms with Crippen LogP contribution in [-0.2, 0) is 0 Å². The van der Waals surface area contributed by atoms with Crippen LogP contribution in [0.25, 0.3) is 0 Å². The average Bonchev–Trinajstić information content (AvgIpc) is 2.75. The van der Waals surface area contributed by atoms with Gasteiger partial charge in [-0.2, -0.15) is 0 Å². The van der Waals surface area contributed by atoms with E-state index in [1.807, 2.05) is 0 Å². The lowest BCUT2D eigenvalue weighted by atomic mass is 9.86. The Morgan fingerprint density at radius 3 is 2.08 bits per heavy atom. The van der Waals surface area contributed by atoms with Gasteiger partial charge in [-0.15, -0.1) is 0 Å². The summed E-state index contributed by atoms with van der Waals surface area (Å²) >= 11 is 0. The summed E-state index contributed by atoms with van der Waals surface area (Å²) in [6.07, 6.45) is 11.0. The first-order valence-corrected chi connectivity index (χ1v) is 5.56. The normalized spacial score (nSPS) is 54.9. The third kappa shape index (κ3) is 0.787. The Balaban J connectivity index is 1.82. The van der Waals surface area contributed by atoms with Crippen molar-refractivity contribution >= 4 is 0 Å². The minimum atomic E-state index is 0.997. The molecule has 2 fully saturated rings. The largest absolute Gasteiger partial charge is 0.0848 e. The lowest BCUT2D eigenvalue weighted by molar-refractivity contribution is 0.364. The quantitative estimate of drug-likeness (QED) is 0.519. The smallest absolute Gasteiger partial charge is 0.0196 e. The van der Waals surface area contributed by atoms with Gasteiger partial charge in [0.2, 0.25) is 0 Å².